The maximum absolute atomic E-state index is 12.2. The SMILES string of the molecule is COc1ccccc1-c1cc(C(C)C)c(-c2cccc(-c3c(C(C)C)cc(-c4ccccc4OC)cc3C(C)C)c2P2C(c3ccccc3Br)CC(O)CC2c2ccccc2Br)c(C(C)C)c1. The number of para-hydroxylation sites is 2. The molecule has 2 unspecified atom stereocenters. The summed E-state index contributed by atoms with van der Waals surface area (Å²) in [6.07, 6.45) is 0.869. The Hall–Kier alpha value is -4.51. The van der Waals surface area contributed by atoms with Gasteiger partial charge < -0.3 is 14.6 Å². The number of benzene rings is 7. The van der Waals surface area contributed by atoms with E-state index in [1.165, 1.54) is 72.1 Å². The summed E-state index contributed by atoms with van der Waals surface area (Å²) in [5.74, 6) is 2.62. The van der Waals surface area contributed by atoms with Crippen molar-refractivity contribution in [2.75, 3.05) is 14.2 Å². The molecule has 7 aromatic rings. The predicted molar refractivity (Wildman–Crippen MR) is 293 cm³/mol. The number of rotatable bonds is 13. The summed E-state index contributed by atoms with van der Waals surface area (Å²) < 4.78 is 14.2. The zero-order chi connectivity index (χ0) is 47.7. The highest BCUT2D eigenvalue weighted by atomic mass is 79.9. The van der Waals surface area contributed by atoms with Crippen LogP contribution in [0.1, 0.15) is 137 Å². The summed E-state index contributed by atoms with van der Waals surface area (Å²) in [5.41, 5.74) is 17.7. The van der Waals surface area contributed by atoms with Crippen LogP contribution in [0.15, 0.2) is 148 Å². The van der Waals surface area contributed by atoms with Gasteiger partial charge in [-0.2, -0.15) is 0 Å². The minimum absolute atomic E-state index is 0.0436. The van der Waals surface area contributed by atoms with Crippen LogP contribution in [0.3, 0.4) is 0 Å². The van der Waals surface area contributed by atoms with Crippen molar-refractivity contribution in [3.63, 3.8) is 0 Å². The van der Waals surface area contributed by atoms with Crippen LogP contribution in [0.2, 0.25) is 0 Å². The Labute approximate surface area is 418 Å². The molecule has 1 aliphatic heterocycles. The summed E-state index contributed by atoms with van der Waals surface area (Å²) in [6.45, 7) is 18.8. The Bertz CT molecular complexity index is 2630. The van der Waals surface area contributed by atoms with E-state index in [0.717, 1.165) is 31.6 Å². The maximum atomic E-state index is 12.2. The highest BCUT2D eigenvalue weighted by Crippen LogP contribution is 2.70. The fourth-order valence-electron chi connectivity index (χ4n) is 10.5. The van der Waals surface area contributed by atoms with Gasteiger partial charge in [-0.3, -0.25) is 0 Å². The van der Waals surface area contributed by atoms with Crippen molar-refractivity contribution in [3.8, 4) is 56.0 Å². The Morgan fingerprint density at radius 3 is 1.13 bits per heavy atom. The minimum atomic E-state index is -1.10. The third kappa shape index (κ3) is 9.74. The van der Waals surface area contributed by atoms with Gasteiger partial charge in [-0.15, -0.1) is 0 Å². The van der Waals surface area contributed by atoms with Crippen LogP contribution in [0.4, 0.5) is 0 Å². The van der Waals surface area contributed by atoms with Crippen molar-refractivity contribution in [1.82, 2.24) is 0 Å². The van der Waals surface area contributed by atoms with E-state index in [2.05, 4.69) is 215 Å². The molecule has 1 aliphatic rings. The first kappa shape index (κ1) is 48.9. The second kappa shape index (κ2) is 21.0. The van der Waals surface area contributed by atoms with E-state index in [9.17, 15) is 5.11 Å². The summed E-state index contributed by atoms with van der Waals surface area (Å²) >= 11 is 8.15. The first-order valence-corrected chi connectivity index (χ1v) is 27.0. The molecule has 0 aliphatic carbocycles. The lowest BCUT2D eigenvalue weighted by atomic mass is 9.79. The normalized spacial score (nSPS) is 17.4. The van der Waals surface area contributed by atoms with Crippen molar-refractivity contribution < 1.29 is 14.6 Å². The van der Waals surface area contributed by atoms with Crippen LogP contribution in [-0.2, 0) is 0 Å². The Balaban J connectivity index is 1.57. The Morgan fingerprint density at radius 2 is 0.791 bits per heavy atom. The highest BCUT2D eigenvalue weighted by Gasteiger charge is 2.44. The monoisotopic (exact) mass is 1030 g/mol. The molecule has 1 N–H and O–H groups in total. The number of hydrogen-bond acceptors (Lipinski definition) is 3. The van der Waals surface area contributed by atoms with Gasteiger partial charge in [0.25, 0.3) is 0 Å². The predicted octanol–water partition coefficient (Wildman–Crippen LogP) is 18.1. The van der Waals surface area contributed by atoms with E-state index in [-0.39, 0.29) is 35.0 Å². The van der Waals surface area contributed by atoms with Gasteiger partial charge in [-0.1, -0.05) is 210 Å². The smallest absolute Gasteiger partial charge is 0.126 e. The first-order valence-electron chi connectivity index (χ1n) is 23.9. The van der Waals surface area contributed by atoms with Crippen molar-refractivity contribution in [3.05, 3.63) is 182 Å². The van der Waals surface area contributed by atoms with E-state index in [1.54, 1.807) is 14.2 Å². The third-order valence-corrected chi connectivity index (χ3v) is 18.5. The van der Waals surface area contributed by atoms with Crippen LogP contribution in [-0.4, -0.2) is 25.4 Å². The summed E-state index contributed by atoms with van der Waals surface area (Å²) in [6, 6.07) is 51.3. The molecule has 0 saturated carbocycles. The van der Waals surface area contributed by atoms with Crippen LogP contribution >= 0.6 is 39.8 Å². The van der Waals surface area contributed by atoms with Crippen molar-refractivity contribution >= 4 is 45.1 Å². The van der Waals surface area contributed by atoms with Crippen LogP contribution in [0, 0.1) is 0 Å². The quantitative estimate of drug-likeness (QED) is 0.117. The molecule has 1 fully saturated rings. The van der Waals surface area contributed by atoms with Gasteiger partial charge in [0.2, 0.25) is 0 Å². The highest BCUT2D eigenvalue weighted by molar-refractivity contribution is 9.10. The van der Waals surface area contributed by atoms with E-state index >= 15 is 0 Å². The van der Waals surface area contributed by atoms with Crippen molar-refractivity contribution in [2.24, 2.45) is 0 Å². The van der Waals surface area contributed by atoms with Gasteiger partial charge in [0, 0.05) is 31.4 Å². The number of hydrogen-bond donors (Lipinski definition) is 1. The van der Waals surface area contributed by atoms with Crippen LogP contribution < -0.4 is 14.8 Å². The molecule has 0 aromatic heterocycles. The topological polar surface area (TPSA) is 38.7 Å². The summed E-state index contributed by atoms with van der Waals surface area (Å²) in [4.78, 5) is 0. The second-order valence-electron chi connectivity index (χ2n) is 19.4. The number of ether oxygens (including phenoxy) is 2. The summed E-state index contributed by atoms with van der Waals surface area (Å²) in [5, 5.41) is 13.6. The molecule has 0 spiro atoms. The molecular formula is C61H65Br2O3P. The Morgan fingerprint density at radius 1 is 0.463 bits per heavy atom. The average molecular weight is 1040 g/mol. The lowest BCUT2D eigenvalue weighted by Crippen LogP contribution is -2.29. The molecule has 0 bridgehead atoms. The molecule has 1 saturated heterocycles. The molecule has 0 amide bonds. The fourth-order valence-corrected chi connectivity index (χ4v) is 16.0. The molecule has 1 heterocycles. The van der Waals surface area contributed by atoms with E-state index in [4.69, 9.17) is 9.47 Å². The molecular weight excluding hydrogens is 971 g/mol. The largest absolute Gasteiger partial charge is 0.496 e. The van der Waals surface area contributed by atoms with Gasteiger partial charge >= 0.3 is 0 Å². The van der Waals surface area contributed by atoms with Crippen LogP contribution in [0.25, 0.3) is 44.5 Å². The van der Waals surface area contributed by atoms with E-state index in [1.807, 2.05) is 12.1 Å². The molecule has 0 radical (unpaired) electrons. The molecule has 67 heavy (non-hydrogen) atoms. The Kier molecular flexibility index (Phi) is 15.3. The minimum Gasteiger partial charge on any atom is -0.496 e. The van der Waals surface area contributed by atoms with Crippen LogP contribution in [0.5, 0.6) is 11.5 Å². The van der Waals surface area contributed by atoms with Gasteiger partial charge in [-0.25, -0.2) is 0 Å². The van der Waals surface area contributed by atoms with Gasteiger partial charge in [0.15, 0.2) is 0 Å². The zero-order valence-corrected chi connectivity index (χ0v) is 44.8. The number of halogens is 2. The lowest BCUT2D eigenvalue weighted by Gasteiger charge is -2.44. The van der Waals surface area contributed by atoms with Gasteiger partial charge in [0.05, 0.1) is 20.3 Å². The maximum Gasteiger partial charge on any atom is 0.126 e. The molecule has 3 nitrogen and oxygen atoms in total. The lowest BCUT2D eigenvalue weighted by molar-refractivity contribution is 0.146. The molecule has 6 heteroatoms. The van der Waals surface area contributed by atoms with E-state index in [0.29, 0.717) is 12.8 Å². The number of aliphatic hydroxyl groups is 1. The third-order valence-electron chi connectivity index (χ3n) is 13.7. The zero-order valence-electron chi connectivity index (χ0n) is 40.7. The van der Waals surface area contributed by atoms with Crippen molar-refractivity contribution in [2.45, 2.75) is 109 Å². The fraction of sp³-hybridized carbons (Fsp3) is 0.311. The molecule has 2 atom stereocenters. The number of aliphatic hydroxyl groups excluding tert-OH is 1. The molecule has 7 aromatic carbocycles. The molecule has 8 rings (SSSR count). The van der Waals surface area contributed by atoms with E-state index < -0.39 is 14.0 Å². The number of methoxy groups -OCH3 is 2. The van der Waals surface area contributed by atoms with Crippen molar-refractivity contribution in [1.29, 1.82) is 0 Å². The van der Waals surface area contributed by atoms with Gasteiger partial charge in [0.1, 0.15) is 11.5 Å². The van der Waals surface area contributed by atoms with Gasteiger partial charge in [-0.05, 0) is 133 Å². The average Bonchev–Trinajstić information content (AvgIpc) is 3.32. The second-order valence-corrected chi connectivity index (χ2v) is 23.6. The summed E-state index contributed by atoms with van der Waals surface area (Å²) in [7, 11) is 2.44. The molecule has 346 valence electrons. The standard InChI is InChI=1S/C61H65Br2O3P/c1-36(2)49-30-40(43-20-13-17-28-55(43)65-9)31-50(37(3)4)59(49)47-24-19-25-48(60-51(38(5)6)32-41(33-52(60)39(7)8)44-21-14-18-29-56(44)66-10)61(47)67-57(45-22-11-15-26-53(45)62)34-42(64)35-58(67)46-23-12-16-27-54(46)63/h11-33,36-39,42,57-58,64H,34-35H2,1-10H3. The first-order chi connectivity index (χ1) is 32.2.